The highest BCUT2D eigenvalue weighted by Gasteiger charge is 2.27. The molecule has 0 amide bonds. The van der Waals surface area contributed by atoms with Crippen molar-refractivity contribution in [2.24, 2.45) is 0 Å². The Labute approximate surface area is 209 Å². The topological polar surface area (TPSA) is 71.4 Å². The number of thiazole rings is 1. The van der Waals surface area contributed by atoms with Gasteiger partial charge in [-0.15, -0.1) is 11.3 Å². The van der Waals surface area contributed by atoms with Gasteiger partial charge in [-0.1, -0.05) is 41.4 Å². The normalized spacial score (nSPS) is 11.3. The Hall–Kier alpha value is -3.26. The molecule has 0 radical (unpaired) electrons. The minimum absolute atomic E-state index is 0.130. The first kappa shape index (κ1) is 22.5. The average molecular weight is 510 g/mol. The van der Waals surface area contributed by atoms with Gasteiger partial charge in [0.2, 0.25) is 0 Å². The Kier molecular flexibility index (Phi) is 5.85. The van der Waals surface area contributed by atoms with Gasteiger partial charge in [-0.3, -0.25) is 4.98 Å². The number of aromatic nitrogens is 4. The zero-order valence-corrected chi connectivity index (χ0v) is 20.6. The van der Waals surface area contributed by atoms with E-state index in [4.69, 9.17) is 23.2 Å². The molecule has 0 saturated heterocycles. The Balaban J connectivity index is 1.76. The fraction of sp³-hybridized carbons (Fsp3) is 0.120. The maximum Gasteiger partial charge on any atom is 0.354 e. The summed E-state index contributed by atoms with van der Waals surface area (Å²) in [7, 11) is 0. The number of halogens is 2. The molecule has 170 valence electrons. The quantitative estimate of drug-likeness (QED) is 0.327. The molecule has 0 spiro atoms. The van der Waals surface area contributed by atoms with E-state index in [1.54, 1.807) is 39.7 Å². The number of rotatable bonds is 4. The van der Waals surface area contributed by atoms with Crippen LogP contribution in [0.4, 0.5) is 0 Å². The molecular weight excluding hydrogens is 491 g/mol. The Morgan fingerprint density at radius 1 is 1.06 bits per heavy atom. The standard InChI is InChI=1S/C25H18Cl2N4O2S/c1-14-5-4-8-30-22(14)31(13-18-11-29-25(27)34-18)24(33)21(23(30)32)17-7-3-6-16(10-17)19-12-28-15(2)9-20(19)26/h3-12H,13H2,1-2H3/p+1. The lowest BCUT2D eigenvalue weighted by Crippen LogP contribution is -2.41. The highest BCUT2D eigenvalue weighted by molar-refractivity contribution is 7.15. The van der Waals surface area contributed by atoms with Gasteiger partial charge in [0, 0.05) is 29.2 Å². The van der Waals surface area contributed by atoms with Crippen molar-refractivity contribution in [2.75, 3.05) is 0 Å². The van der Waals surface area contributed by atoms with Crippen molar-refractivity contribution in [1.29, 1.82) is 0 Å². The number of benzene rings is 1. The number of fused-ring (bicyclic) bond motifs is 1. The van der Waals surface area contributed by atoms with Gasteiger partial charge in [0.25, 0.3) is 11.5 Å². The molecule has 0 atom stereocenters. The number of hydrogen-bond acceptors (Lipinski definition) is 5. The minimum atomic E-state index is -0.319. The second-order valence-electron chi connectivity index (χ2n) is 7.94. The molecule has 4 aromatic heterocycles. The van der Waals surface area contributed by atoms with Gasteiger partial charge in [0.15, 0.2) is 10.0 Å². The summed E-state index contributed by atoms with van der Waals surface area (Å²) >= 11 is 13.8. The first-order valence-electron chi connectivity index (χ1n) is 10.4. The van der Waals surface area contributed by atoms with E-state index in [-0.39, 0.29) is 17.0 Å². The maximum atomic E-state index is 13.6. The van der Waals surface area contributed by atoms with Gasteiger partial charge in [-0.25, -0.2) is 9.78 Å². The molecule has 9 heteroatoms. The second kappa shape index (κ2) is 8.83. The zero-order chi connectivity index (χ0) is 24.0. The summed E-state index contributed by atoms with van der Waals surface area (Å²) < 4.78 is 3.68. The molecule has 0 bridgehead atoms. The van der Waals surface area contributed by atoms with E-state index < -0.39 is 0 Å². The van der Waals surface area contributed by atoms with Crippen molar-refractivity contribution in [2.45, 2.75) is 20.4 Å². The van der Waals surface area contributed by atoms with Crippen LogP contribution in [-0.4, -0.2) is 19.5 Å². The van der Waals surface area contributed by atoms with Crippen LogP contribution in [0.3, 0.4) is 0 Å². The highest BCUT2D eigenvalue weighted by Crippen LogP contribution is 2.32. The van der Waals surface area contributed by atoms with Crippen LogP contribution in [-0.2, 0) is 6.54 Å². The van der Waals surface area contributed by atoms with Crippen LogP contribution in [0.15, 0.2) is 65.8 Å². The molecule has 1 aromatic carbocycles. The van der Waals surface area contributed by atoms with Crippen LogP contribution in [0.1, 0.15) is 16.1 Å². The van der Waals surface area contributed by atoms with E-state index in [0.717, 1.165) is 27.3 Å². The fourth-order valence-electron chi connectivity index (χ4n) is 4.06. The number of pyridine rings is 2. The van der Waals surface area contributed by atoms with Crippen LogP contribution in [0, 0.1) is 13.8 Å². The molecule has 0 aliphatic heterocycles. The average Bonchev–Trinajstić information content (AvgIpc) is 3.22. The number of nitrogens with zero attached hydrogens (tertiary/aromatic N) is 4. The van der Waals surface area contributed by atoms with Crippen LogP contribution in [0.5, 0.6) is 5.88 Å². The summed E-state index contributed by atoms with van der Waals surface area (Å²) in [6, 6.07) is 12.9. The Morgan fingerprint density at radius 3 is 2.59 bits per heavy atom. The van der Waals surface area contributed by atoms with E-state index in [0.29, 0.717) is 27.2 Å². The lowest BCUT2D eigenvalue weighted by Gasteiger charge is -2.12. The van der Waals surface area contributed by atoms with Crippen LogP contribution in [0.2, 0.25) is 9.49 Å². The lowest BCUT2D eigenvalue weighted by molar-refractivity contribution is -0.671. The summed E-state index contributed by atoms with van der Waals surface area (Å²) in [5.41, 5.74) is 4.25. The molecule has 0 fully saturated rings. The summed E-state index contributed by atoms with van der Waals surface area (Å²) in [5.74, 6) is -0.130. The minimum Gasteiger partial charge on any atom is -0.477 e. The maximum absolute atomic E-state index is 13.6. The van der Waals surface area contributed by atoms with Crippen molar-refractivity contribution in [3.05, 3.63) is 97.0 Å². The predicted octanol–water partition coefficient (Wildman–Crippen LogP) is 5.45. The van der Waals surface area contributed by atoms with Gasteiger partial charge in [-0.05, 0) is 49.2 Å². The van der Waals surface area contributed by atoms with Gasteiger partial charge < -0.3 is 5.11 Å². The Bertz CT molecular complexity index is 1630. The van der Waals surface area contributed by atoms with Crippen molar-refractivity contribution in [1.82, 2.24) is 14.4 Å². The first-order valence-corrected chi connectivity index (χ1v) is 12.0. The van der Waals surface area contributed by atoms with E-state index in [1.165, 1.54) is 11.3 Å². The summed E-state index contributed by atoms with van der Waals surface area (Å²) in [6.45, 7) is 4.08. The van der Waals surface area contributed by atoms with Crippen LogP contribution < -0.4 is 10.1 Å². The Morgan fingerprint density at radius 2 is 1.85 bits per heavy atom. The van der Waals surface area contributed by atoms with E-state index in [2.05, 4.69) is 9.97 Å². The van der Waals surface area contributed by atoms with Crippen molar-refractivity contribution in [3.8, 4) is 28.1 Å². The number of aryl methyl sites for hydroxylation is 2. The molecule has 1 N–H and O–H groups in total. The molecule has 0 saturated carbocycles. The lowest BCUT2D eigenvalue weighted by atomic mass is 10.0. The SMILES string of the molecule is Cc1cc(Cl)c(-c2cccc(-c3c(O)[n+](Cc4cnc(Cl)s4)c4c(C)cccn4c3=O)c2)cn1. The largest absolute Gasteiger partial charge is 0.477 e. The molecule has 5 aromatic rings. The molecule has 0 aliphatic carbocycles. The molecule has 5 rings (SSSR count). The summed E-state index contributed by atoms with van der Waals surface area (Å²) in [6.07, 6.45) is 5.08. The smallest absolute Gasteiger partial charge is 0.354 e. The first-order chi connectivity index (χ1) is 16.3. The van der Waals surface area contributed by atoms with Gasteiger partial charge in [0.05, 0.1) is 16.1 Å². The van der Waals surface area contributed by atoms with Crippen molar-refractivity contribution in [3.63, 3.8) is 0 Å². The van der Waals surface area contributed by atoms with Crippen molar-refractivity contribution < 1.29 is 9.67 Å². The molecular formula is C25H19Cl2N4O2S+. The molecule has 34 heavy (non-hydrogen) atoms. The summed E-state index contributed by atoms with van der Waals surface area (Å²) in [4.78, 5) is 22.9. The van der Waals surface area contributed by atoms with Crippen LogP contribution >= 0.6 is 34.5 Å². The third kappa shape index (κ3) is 3.96. The van der Waals surface area contributed by atoms with Gasteiger partial charge >= 0.3 is 5.56 Å². The van der Waals surface area contributed by atoms with E-state index >= 15 is 0 Å². The number of aromatic hydroxyl groups is 1. The highest BCUT2D eigenvalue weighted by atomic mass is 35.5. The zero-order valence-electron chi connectivity index (χ0n) is 18.3. The third-order valence-corrected chi connectivity index (χ3v) is 7.03. The van der Waals surface area contributed by atoms with Gasteiger partial charge in [0.1, 0.15) is 6.54 Å². The van der Waals surface area contributed by atoms with E-state index in [1.807, 2.05) is 44.2 Å². The van der Waals surface area contributed by atoms with E-state index in [9.17, 15) is 9.90 Å². The molecule has 4 heterocycles. The molecule has 6 nitrogen and oxygen atoms in total. The molecule has 0 aliphatic rings. The fourth-order valence-corrected chi connectivity index (χ4v) is 5.35. The second-order valence-corrected chi connectivity index (χ2v) is 10.0. The van der Waals surface area contributed by atoms with Crippen molar-refractivity contribution >= 4 is 40.2 Å². The molecule has 0 unspecified atom stereocenters. The van der Waals surface area contributed by atoms with Gasteiger partial charge in [-0.2, -0.15) is 8.97 Å². The predicted molar refractivity (Wildman–Crippen MR) is 135 cm³/mol. The monoisotopic (exact) mass is 509 g/mol. The third-order valence-electron chi connectivity index (χ3n) is 5.62. The summed E-state index contributed by atoms with van der Waals surface area (Å²) in [5, 5.41) is 12.0. The van der Waals surface area contributed by atoms with Crippen LogP contribution in [0.25, 0.3) is 27.9 Å². The number of hydrogen-bond donors (Lipinski definition) is 1.